The van der Waals surface area contributed by atoms with Crippen molar-refractivity contribution in [3.63, 3.8) is 0 Å². The lowest BCUT2D eigenvalue weighted by atomic mass is 10.3. The number of hydrogen-bond donors (Lipinski definition) is 1. The van der Waals surface area contributed by atoms with Gasteiger partial charge in [-0.2, -0.15) is 4.31 Å². The standard InChI is InChI=1S/C13H20N2O3S2/c1-15(11-4-5-18-8-11)20(16,17)13-6-12(19-9-13)7-14-10-2-3-10/h6,9-11,14H,2-5,7-8H2,1H3. The molecule has 1 unspecified atom stereocenters. The van der Waals surface area contributed by atoms with Crippen LogP contribution in [-0.2, 0) is 21.3 Å². The monoisotopic (exact) mass is 316 g/mol. The SMILES string of the molecule is CN(C1CCOC1)S(=O)(=O)c1csc(CNC2CC2)c1. The van der Waals surface area contributed by atoms with Crippen LogP contribution in [0.1, 0.15) is 24.1 Å². The summed E-state index contributed by atoms with van der Waals surface area (Å²) in [6.45, 7) is 1.90. The smallest absolute Gasteiger partial charge is 0.243 e. The second-order valence-electron chi connectivity index (χ2n) is 5.44. The molecule has 2 heterocycles. The van der Waals surface area contributed by atoms with Gasteiger partial charge in [0.15, 0.2) is 0 Å². The molecule has 0 bridgehead atoms. The summed E-state index contributed by atoms with van der Waals surface area (Å²) < 4.78 is 31.8. The molecule has 112 valence electrons. The van der Waals surface area contributed by atoms with E-state index in [9.17, 15) is 8.42 Å². The lowest BCUT2D eigenvalue weighted by Crippen LogP contribution is -2.37. The van der Waals surface area contributed by atoms with E-state index in [1.807, 2.05) is 0 Å². The van der Waals surface area contributed by atoms with Crippen molar-refractivity contribution in [3.05, 3.63) is 16.3 Å². The van der Waals surface area contributed by atoms with Crippen molar-refractivity contribution in [2.24, 2.45) is 0 Å². The Morgan fingerprint density at radius 1 is 1.45 bits per heavy atom. The summed E-state index contributed by atoms with van der Waals surface area (Å²) in [5, 5.41) is 5.15. The van der Waals surface area contributed by atoms with Gasteiger partial charge in [-0.25, -0.2) is 8.42 Å². The fourth-order valence-electron chi connectivity index (χ4n) is 2.29. The first-order chi connectivity index (χ1) is 9.57. The third-order valence-electron chi connectivity index (χ3n) is 3.87. The zero-order chi connectivity index (χ0) is 14.2. The van der Waals surface area contributed by atoms with Gasteiger partial charge >= 0.3 is 0 Å². The highest BCUT2D eigenvalue weighted by Crippen LogP contribution is 2.26. The van der Waals surface area contributed by atoms with Gasteiger partial charge in [0.25, 0.3) is 0 Å². The fraction of sp³-hybridized carbons (Fsp3) is 0.692. The van der Waals surface area contributed by atoms with E-state index in [1.54, 1.807) is 18.5 Å². The van der Waals surface area contributed by atoms with Crippen LogP contribution in [0.15, 0.2) is 16.3 Å². The summed E-state index contributed by atoms with van der Waals surface area (Å²) in [6, 6.07) is 2.39. The predicted octanol–water partition coefficient (Wildman–Crippen LogP) is 1.41. The molecule has 1 aromatic heterocycles. The maximum Gasteiger partial charge on any atom is 0.243 e. The Morgan fingerprint density at radius 2 is 2.25 bits per heavy atom. The molecule has 0 amide bonds. The van der Waals surface area contributed by atoms with E-state index in [2.05, 4.69) is 5.32 Å². The molecular formula is C13H20N2O3S2. The second-order valence-corrected chi connectivity index (χ2v) is 8.44. The van der Waals surface area contributed by atoms with Crippen molar-refractivity contribution >= 4 is 21.4 Å². The van der Waals surface area contributed by atoms with Crippen LogP contribution < -0.4 is 5.32 Å². The lowest BCUT2D eigenvalue weighted by Gasteiger charge is -2.21. The van der Waals surface area contributed by atoms with Gasteiger partial charge in [-0.1, -0.05) is 0 Å². The van der Waals surface area contributed by atoms with Crippen LogP contribution in [0.2, 0.25) is 0 Å². The van der Waals surface area contributed by atoms with E-state index in [1.165, 1.54) is 28.5 Å². The molecule has 1 aromatic rings. The largest absolute Gasteiger partial charge is 0.380 e. The summed E-state index contributed by atoms with van der Waals surface area (Å²) in [5.74, 6) is 0. The minimum absolute atomic E-state index is 0.0343. The Balaban J connectivity index is 1.69. The number of nitrogens with zero attached hydrogens (tertiary/aromatic N) is 1. The average molecular weight is 316 g/mol. The molecule has 3 rings (SSSR count). The van der Waals surface area contributed by atoms with Crippen LogP contribution in [0.4, 0.5) is 0 Å². The number of thiophene rings is 1. The van der Waals surface area contributed by atoms with Gasteiger partial charge in [-0.3, -0.25) is 0 Å². The summed E-state index contributed by atoms with van der Waals surface area (Å²) in [4.78, 5) is 1.48. The maximum atomic E-state index is 12.5. The molecule has 1 atom stereocenters. The van der Waals surface area contributed by atoms with E-state index in [0.29, 0.717) is 24.2 Å². The maximum absolute atomic E-state index is 12.5. The fourth-order valence-corrected chi connectivity index (χ4v) is 4.88. The van der Waals surface area contributed by atoms with E-state index >= 15 is 0 Å². The molecule has 2 fully saturated rings. The normalized spacial score (nSPS) is 23.6. The quantitative estimate of drug-likeness (QED) is 0.862. The van der Waals surface area contributed by atoms with Crippen molar-refractivity contribution < 1.29 is 13.2 Å². The van der Waals surface area contributed by atoms with Crippen LogP contribution >= 0.6 is 11.3 Å². The number of hydrogen-bond acceptors (Lipinski definition) is 5. The summed E-state index contributed by atoms with van der Waals surface area (Å²) in [7, 11) is -1.74. The van der Waals surface area contributed by atoms with E-state index in [0.717, 1.165) is 17.8 Å². The molecule has 20 heavy (non-hydrogen) atoms. The van der Waals surface area contributed by atoms with Gasteiger partial charge in [0.2, 0.25) is 10.0 Å². The minimum atomic E-state index is -3.39. The molecule has 0 aromatic carbocycles. The Bertz CT molecular complexity index is 560. The van der Waals surface area contributed by atoms with Crippen LogP contribution in [0.25, 0.3) is 0 Å². The van der Waals surface area contributed by atoms with E-state index in [-0.39, 0.29) is 6.04 Å². The minimum Gasteiger partial charge on any atom is -0.380 e. The third-order valence-corrected chi connectivity index (χ3v) is 6.84. The molecule has 1 saturated carbocycles. The Morgan fingerprint density at radius 3 is 2.90 bits per heavy atom. The zero-order valence-electron chi connectivity index (χ0n) is 11.5. The number of likely N-dealkylation sites (N-methyl/N-ethyl adjacent to an activating group) is 1. The van der Waals surface area contributed by atoms with Crippen molar-refractivity contribution in [2.45, 2.75) is 42.8 Å². The van der Waals surface area contributed by atoms with Gasteiger partial charge < -0.3 is 10.1 Å². The molecular weight excluding hydrogens is 296 g/mol. The number of nitrogens with one attached hydrogen (secondary N) is 1. The van der Waals surface area contributed by atoms with Crippen LogP contribution in [0.3, 0.4) is 0 Å². The number of ether oxygens (including phenoxy) is 1. The molecule has 1 aliphatic heterocycles. The van der Waals surface area contributed by atoms with Crippen LogP contribution in [-0.4, -0.2) is 45.1 Å². The van der Waals surface area contributed by atoms with Gasteiger partial charge in [0, 0.05) is 36.5 Å². The first-order valence-electron chi connectivity index (χ1n) is 6.94. The average Bonchev–Trinajstić information content (AvgIpc) is 2.95. The Kier molecular flexibility index (Phi) is 4.14. The molecule has 2 aliphatic rings. The van der Waals surface area contributed by atoms with E-state index in [4.69, 9.17) is 4.74 Å². The second kappa shape index (κ2) is 5.73. The first kappa shape index (κ1) is 14.5. The van der Waals surface area contributed by atoms with Gasteiger partial charge in [-0.05, 0) is 25.3 Å². The molecule has 0 radical (unpaired) electrons. The highest BCUT2D eigenvalue weighted by molar-refractivity contribution is 7.89. The van der Waals surface area contributed by atoms with Gasteiger partial charge in [0.05, 0.1) is 17.5 Å². The van der Waals surface area contributed by atoms with Crippen LogP contribution in [0.5, 0.6) is 0 Å². The highest BCUT2D eigenvalue weighted by atomic mass is 32.2. The van der Waals surface area contributed by atoms with Crippen molar-refractivity contribution in [3.8, 4) is 0 Å². The molecule has 5 nitrogen and oxygen atoms in total. The van der Waals surface area contributed by atoms with Crippen molar-refractivity contribution in [2.75, 3.05) is 20.3 Å². The lowest BCUT2D eigenvalue weighted by molar-refractivity contribution is 0.181. The van der Waals surface area contributed by atoms with Crippen molar-refractivity contribution in [1.82, 2.24) is 9.62 Å². The molecule has 0 spiro atoms. The predicted molar refractivity (Wildman–Crippen MR) is 78.4 cm³/mol. The Hall–Kier alpha value is -0.470. The third kappa shape index (κ3) is 3.07. The van der Waals surface area contributed by atoms with Gasteiger partial charge in [0.1, 0.15) is 0 Å². The Labute approximate surface area is 124 Å². The van der Waals surface area contributed by atoms with Crippen LogP contribution in [0, 0.1) is 0 Å². The van der Waals surface area contributed by atoms with E-state index < -0.39 is 10.0 Å². The summed E-state index contributed by atoms with van der Waals surface area (Å²) in [6.07, 6.45) is 3.25. The molecule has 7 heteroatoms. The topological polar surface area (TPSA) is 58.6 Å². The first-order valence-corrected chi connectivity index (χ1v) is 9.26. The summed E-state index contributed by atoms with van der Waals surface area (Å²) in [5.41, 5.74) is 0. The molecule has 1 aliphatic carbocycles. The molecule has 1 N–H and O–H groups in total. The summed E-state index contributed by atoms with van der Waals surface area (Å²) >= 11 is 1.51. The molecule has 1 saturated heterocycles. The number of rotatable bonds is 6. The highest BCUT2D eigenvalue weighted by Gasteiger charge is 2.31. The van der Waals surface area contributed by atoms with Crippen molar-refractivity contribution in [1.29, 1.82) is 0 Å². The number of sulfonamides is 1. The zero-order valence-corrected chi connectivity index (χ0v) is 13.2. The van der Waals surface area contributed by atoms with Gasteiger partial charge in [-0.15, -0.1) is 11.3 Å².